The molecule has 2 aromatic carbocycles. The second-order valence-corrected chi connectivity index (χ2v) is 5.02. The lowest BCUT2D eigenvalue weighted by molar-refractivity contribution is -0.384. The zero-order valence-electron chi connectivity index (χ0n) is 12.7. The summed E-state index contributed by atoms with van der Waals surface area (Å²) in [5, 5.41) is 22.2. The molecule has 0 radical (unpaired) electrons. The van der Waals surface area contributed by atoms with Crippen molar-refractivity contribution >= 4 is 29.3 Å². The SMILES string of the molecule is C/C(=C\c1ccc([N+](=O)[O-])cc1)C(=O)Nc1cccc(C(=O)O)c1. The van der Waals surface area contributed by atoms with E-state index in [0.717, 1.165) is 0 Å². The Kier molecular flexibility index (Phi) is 5.06. The number of nitrogens with zero attached hydrogens (tertiary/aromatic N) is 1. The van der Waals surface area contributed by atoms with E-state index >= 15 is 0 Å². The number of anilines is 1. The number of nitro benzene ring substituents is 1. The van der Waals surface area contributed by atoms with E-state index < -0.39 is 16.8 Å². The standard InChI is InChI=1S/C17H14N2O5/c1-11(9-12-5-7-15(8-6-12)19(23)24)16(20)18-14-4-2-3-13(10-14)17(21)22/h2-10H,1H3,(H,18,20)(H,21,22)/b11-9+. The van der Waals surface area contributed by atoms with Gasteiger partial charge in [-0.3, -0.25) is 14.9 Å². The van der Waals surface area contributed by atoms with Crippen LogP contribution < -0.4 is 5.32 Å². The van der Waals surface area contributed by atoms with Gasteiger partial charge < -0.3 is 10.4 Å². The van der Waals surface area contributed by atoms with Gasteiger partial charge in [0.25, 0.3) is 11.6 Å². The van der Waals surface area contributed by atoms with Crippen molar-refractivity contribution in [1.29, 1.82) is 0 Å². The summed E-state index contributed by atoms with van der Waals surface area (Å²) in [6.45, 7) is 1.60. The first-order valence-electron chi connectivity index (χ1n) is 6.94. The molecule has 0 bridgehead atoms. The zero-order chi connectivity index (χ0) is 17.7. The van der Waals surface area contributed by atoms with Crippen molar-refractivity contribution in [3.63, 3.8) is 0 Å². The molecule has 0 unspecified atom stereocenters. The number of non-ortho nitro benzene ring substituents is 1. The van der Waals surface area contributed by atoms with E-state index in [0.29, 0.717) is 16.8 Å². The number of amides is 1. The third kappa shape index (κ3) is 4.26. The molecule has 0 aliphatic heterocycles. The van der Waals surface area contributed by atoms with Crippen molar-refractivity contribution in [2.24, 2.45) is 0 Å². The second-order valence-electron chi connectivity index (χ2n) is 5.02. The summed E-state index contributed by atoms with van der Waals surface area (Å²) in [5.41, 5.74) is 1.44. The van der Waals surface area contributed by atoms with Crippen LogP contribution in [0.5, 0.6) is 0 Å². The summed E-state index contributed by atoms with van der Waals surface area (Å²) in [4.78, 5) is 33.2. The molecule has 2 aromatic rings. The molecule has 0 aliphatic carbocycles. The van der Waals surface area contributed by atoms with Crippen LogP contribution in [0.2, 0.25) is 0 Å². The first-order valence-corrected chi connectivity index (χ1v) is 6.94. The monoisotopic (exact) mass is 326 g/mol. The van der Waals surface area contributed by atoms with Crippen LogP contribution >= 0.6 is 0 Å². The zero-order valence-corrected chi connectivity index (χ0v) is 12.7. The van der Waals surface area contributed by atoms with Crippen molar-refractivity contribution in [2.45, 2.75) is 6.92 Å². The fourth-order valence-corrected chi connectivity index (χ4v) is 1.97. The predicted octanol–water partition coefficient (Wildman–Crippen LogP) is 3.34. The van der Waals surface area contributed by atoms with E-state index in [1.165, 1.54) is 30.3 Å². The highest BCUT2D eigenvalue weighted by Gasteiger charge is 2.09. The third-order valence-electron chi connectivity index (χ3n) is 3.21. The van der Waals surface area contributed by atoms with Crippen molar-refractivity contribution < 1.29 is 19.6 Å². The topological polar surface area (TPSA) is 110 Å². The Morgan fingerprint density at radius 1 is 1.17 bits per heavy atom. The minimum Gasteiger partial charge on any atom is -0.478 e. The van der Waals surface area contributed by atoms with E-state index in [9.17, 15) is 19.7 Å². The van der Waals surface area contributed by atoms with Gasteiger partial charge in [-0.2, -0.15) is 0 Å². The predicted molar refractivity (Wildman–Crippen MR) is 88.8 cm³/mol. The average molecular weight is 326 g/mol. The number of nitrogens with one attached hydrogen (secondary N) is 1. The number of benzene rings is 2. The van der Waals surface area contributed by atoms with Gasteiger partial charge in [-0.25, -0.2) is 4.79 Å². The molecule has 2 rings (SSSR count). The first-order chi connectivity index (χ1) is 11.4. The maximum absolute atomic E-state index is 12.1. The Hall–Kier alpha value is -3.48. The molecule has 0 saturated heterocycles. The molecular formula is C17H14N2O5. The normalized spacial score (nSPS) is 11.0. The Labute approximate surface area is 137 Å². The molecule has 0 spiro atoms. The molecular weight excluding hydrogens is 312 g/mol. The van der Waals surface area contributed by atoms with Gasteiger partial charge in [0.2, 0.25) is 0 Å². The van der Waals surface area contributed by atoms with Gasteiger partial charge >= 0.3 is 5.97 Å². The lowest BCUT2D eigenvalue weighted by Gasteiger charge is -2.06. The maximum atomic E-state index is 12.1. The summed E-state index contributed by atoms with van der Waals surface area (Å²) in [6.07, 6.45) is 1.58. The van der Waals surface area contributed by atoms with E-state index in [1.807, 2.05) is 0 Å². The minimum atomic E-state index is -1.08. The first kappa shape index (κ1) is 16.9. The van der Waals surface area contributed by atoms with Crippen LogP contribution in [0.3, 0.4) is 0 Å². The summed E-state index contributed by atoms with van der Waals surface area (Å²) in [6, 6.07) is 11.7. The van der Waals surface area contributed by atoms with Gasteiger partial charge in [-0.15, -0.1) is 0 Å². The smallest absolute Gasteiger partial charge is 0.335 e. The minimum absolute atomic E-state index is 0.0280. The number of carboxylic acid groups (broad SMARTS) is 1. The number of carbonyl (C=O) groups is 2. The highest BCUT2D eigenvalue weighted by atomic mass is 16.6. The van der Waals surface area contributed by atoms with E-state index in [-0.39, 0.29) is 11.3 Å². The van der Waals surface area contributed by atoms with Gasteiger partial charge in [-0.1, -0.05) is 6.07 Å². The van der Waals surface area contributed by atoms with Crippen LogP contribution in [0.25, 0.3) is 6.08 Å². The molecule has 7 nitrogen and oxygen atoms in total. The third-order valence-corrected chi connectivity index (χ3v) is 3.21. The lowest BCUT2D eigenvalue weighted by atomic mass is 10.1. The molecule has 0 saturated carbocycles. The average Bonchev–Trinajstić information content (AvgIpc) is 2.55. The molecule has 7 heteroatoms. The molecule has 0 aliphatic rings. The number of carboxylic acids is 1. The Balaban J connectivity index is 2.12. The molecule has 0 aromatic heterocycles. The fourth-order valence-electron chi connectivity index (χ4n) is 1.97. The van der Waals surface area contributed by atoms with Gasteiger partial charge in [-0.05, 0) is 48.9 Å². The molecule has 1 amide bonds. The number of hydrogen-bond acceptors (Lipinski definition) is 4. The van der Waals surface area contributed by atoms with E-state index in [4.69, 9.17) is 5.11 Å². The van der Waals surface area contributed by atoms with Gasteiger partial charge in [0.15, 0.2) is 0 Å². The number of rotatable bonds is 5. The number of hydrogen-bond donors (Lipinski definition) is 2. The highest BCUT2D eigenvalue weighted by Crippen LogP contribution is 2.16. The van der Waals surface area contributed by atoms with Crippen LogP contribution in [0, 0.1) is 10.1 Å². The Morgan fingerprint density at radius 3 is 2.42 bits per heavy atom. The summed E-state index contributed by atoms with van der Waals surface area (Å²) < 4.78 is 0. The van der Waals surface area contributed by atoms with Crippen LogP contribution in [-0.2, 0) is 4.79 Å². The quantitative estimate of drug-likeness (QED) is 0.497. The number of aromatic carboxylic acids is 1. The van der Waals surface area contributed by atoms with E-state index in [1.54, 1.807) is 31.2 Å². The van der Waals surface area contributed by atoms with Gasteiger partial charge in [0.05, 0.1) is 10.5 Å². The van der Waals surface area contributed by atoms with Crippen molar-refractivity contribution in [3.05, 3.63) is 75.3 Å². The summed E-state index contributed by atoms with van der Waals surface area (Å²) in [7, 11) is 0. The number of carbonyl (C=O) groups excluding carboxylic acids is 1. The van der Waals surface area contributed by atoms with Gasteiger partial charge in [0.1, 0.15) is 0 Å². The van der Waals surface area contributed by atoms with Gasteiger partial charge in [0, 0.05) is 23.4 Å². The largest absolute Gasteiger partial charge is 0.478 e. The summed E-state index contributed by atoms with van der Waals surface area (Å²) >= 11 is 0. The lowest BCUT2D eigenvalue weighted by Crippen LogP contribution is -2.13. The van der Waals surface area contributed by atoms with Crippen LogP contribution in [0.15, 0.2) is 54.1 Å². The molecule has 122 valence electrons. The maximum Gasteiger partial charge on any atom is 0.335 e. The molecule has 0 heterocycles. The molecule has 24 heavy (non-hydrogen) atoms. The molecule has 0 fully saturated rings. The van der Waals surface area contributed by atoms with Crippen molar-refractivity contribution in [1.82, 2.24) is 0 Å². The number of nitro groups is 1. The van der Waals surface area contributed by atoms with E-state index in [2.05, 4.69) is 5.32 Å². The van der Waals surface area contributed by atoms with Crippen LogP contribution in [0.4, 0.5) is 11.4 Å². The summed E-state index contributed by atoms with van der Waals surface area (Å²) in [5.74, 6) is -1.47. The van der Waals surface area contributed by atoms with Crippen molar-refractivity contribution in [3.8, 4) is 0 Å². The second kappa shape index (κ2) is 7.19. The van der Waals surface area contributed by atoms with Crippen LogP contribution in [-0.4, -0.2) is 21.9 Å². The highest BCUT2D eigenvalue weighted by molar-refractivity contribution is 6.06. The Bertz CT molecular complexity index is 825. The fraction of sp³-hybridized carbons (Fsp3) is 0.0588. The van der Waals surface area contributed by atoms with Crippen LogP contribution in [0.1, 0.15) is 22.8 Å². The molecule has 2 N–H and O–H groups in total. The Morgan fingerprint density at radius 2 is 1.83 bits per heavy atom. The molecule has 0 atom stereocenters. The van der Waals surface area contributed by atoms with Crippen molar-refractivity contribution in [2.75, 3.05) is 5.32 Å².